The van der Waals surface area contributed by atoms with Crippen LogP contribution in [0.25, 0.3) is 10.2 Å². The van der Waals surface area contributed by atoms with E-state index in [2.05, 4.69) is 25.7 Å². The lowest BCUT2D eigenvalue weighted by Gasteiger charge is -2.01. The lowest BCUT2D eigenvalue weighted by atomic mass is 10.2. The minimum atomic E-state index is 0.408. The third-order valence-corrected chi connectivity index (χ3v) is 5.19. The molecule has 0 amide bonds. The summed E-state index contributed by atoms with van der Waals surface area (Å²) in [6.07, 6.45) is 0. The highest BCUT2D eigenvalue weighted by Gasteiger charge is 2.06. The van der Waals surface area contributed by atoms with E-state index in [1.807, 2.05) is 36.4 Å². The molecular formula is C20H13Cl2N5S. The number of benzene rings is 3. The van der Waals surface area contributed by atoms with Crippen LogP contribution < -0.4 is 5.43 Å². The van der Waals surface area contributed by atoms with E-state index in [9.17, 15) is 0 Å². The van der Waals surface area contributed by atoms with E-state index in [4.69, 9.17) is 23.2 Å². The molecule has 4 rings (SSSR count). The Labute approximate surface area is 175 Å². The Morgan fingerprint density at radius 2 is 1.54 bits per heavy atom. The third kappa shape index (κ3) is 4.54. The quantitative estimate of drug-likeness (QED) is 0.163. The fourth-order valence-corrected chi connectivity index (χ4v) is 3.44. The lowest BCUT2D eigenvalue weighted by molar-refractivity contribution is 1.22. The fourth-order valence-electron chi connectivity index (χ4n) is 2.38. The van der Waals surface area contributed by atoms with Crippen LogP contribution in [0.1, 0.15) is 5.56 Å². The van der Waals surface area contributed by atoms with Crippen LogP contribution in [0, 0.1) is 0 Å². The number of halogens is 2. The predicted molar refractivity (Wildman–Crippen MR) is 117 cm³/mol. The van der Waals surface area contributed by atoms with E-state index in [1.54, 1.807) is 36.4 Å². The second-order valence-corrected chi connectivity index (χ2v) is 7.62. The first-order valence-corrected chi connectivity index (χ1v) is 9.87. The number of nitrogens with one attached hydrogen (secondary N) is 1. The van der Waals surface area contributed by atoms with Gasteiger partial charge in [0.05, 0.1) is 15.9 Å². The topological polar surface area (TPSA) is 62.0 Å². The number of aromatic nitrogens is 1. The minimum absolute atomic E-state index is 0.408. The summed E-state index contributed by atoms with van der Waals surface area (Å²) < 4.78 is 1.08. The molecule has 8 heteroatoms. The average Bonchev–Trinajstić information content (AvgIpc) is 3.13. The zero-order valence-electron chi connectivity index (χ0n) is 14.4. The van der Waals surface area contributed by atoms with Crippen molar-refractivity contribution in [2.24, 2.45) is 15.3 Å². The number of rotatable bonds is 4. The summed E-state index contributed by atoms with van der Waals surface area (Å²) in [6.45, 7) is 0. The zero-order chi connectivity index (χ0) is 19.3. The van der Waals surface area contributed by atoms with Crippen LogP contribution in [0.15, 0.2) is 88.1 Å². The van der Waals surface area contributed by atoms with Crippen molar-refractivity contribution in [2.75, 3.05) is 5.43 Å². The largest absolute Gasteiger partial charge is 0.250 e. The van der Waals surface area contributed by atoms with E-state index >= 15 is 0 Å². The van der Waals surface area contributed by atoms with Crippen molar-refractivity contribution in [1.82, 2.24) is 4.98 Å². The molecule has 0 bridgehead atoms. The van der Waals surface area contributed by atoms with Crippen molar-refractivity contribution in [3.05, 3.63) is 88.4 Å². The number of azo groups is 1. The second kappa shape index (κ2) is 8.48. The number of amidine groups is 1. The van der Waals surface area contributed by atoms with Crippen molar-refractivity contribution < 1.29 is 0 Å². The number of hydrogen-bond acceptors (Lipinski definition) is 5. The number of para-hydroxylation sites is 1. The van der Waals surface area contributed by atoms with Gasteiger partial charge in [-0.15, -0.1) is 10.2 Å². The van der Waals surface area contributed by atoms with Crippen molar-refractivity contribution in [3.63, 3.8) is 0 Å². The molecule has 0 aliphatic carbocycles. The number of fused-ring (bicyclic) bond motifs is 1. The van der Waals surface area contributed by atoms with Gasteiger partial charge in [-0.3, -0.25) is 5.43 Å². The zero-order valence-corrected chi connectivity index (χ0v) is 16.7. The Morgan fingerprint density at radius 3 is 2.25 bits per heavy atom. The molecular weight excluding hydrogens is 413 g/mol. The van der Waals surface area contributed by atoms with Gasteiger partial charge in [-0.1, -0.05) is 46.7 Å². The molecule has 4 aromatic rings. The average molecular weight is 426 g/mol. The number of thiazole rings is 1. The van der Waals surface area contributed by atoms with Gasteiger partial charge in [0, 0.05) is 15.6 Å². The standard InChI is InChI=1S/C20H13Cl2N5S/c21-14-7-5-13(6-8-14)19(25-24-16-11-9-15(22)10-12-16)26-27-20-23-17-3-1-2-4-18(17)28-20/h1-12H,(H,23,27). The molecule has 0 radical (unpaired) electrons. The van der Waals surface area contributed by atoms with Crippen molar-refractivity contribution in [1.29, 1.82) is 0 Å². The van der Waals surface area contributed by atoms with Crippen molar-refractivity contribution >= 4 is 61.4 Å². The fraction of sp³-hybridized carbons (Fsp3) is 0. The molecule has 3 aromatic carbocycles. The predicted octanol–water partition coefficient (Wildman–Crippen LogP) is 7.16. The third-order valence-electron chi connectivity index (χ3n) is 3.74. The van der Waals surface area contributed by atoms with Crippen LogP contribution in [-0.4, -0.2) is 10.8 Å². The van der Waals surface area contributed by atoms with Gasteiger partial charge < -0.3 is 0 Å². The molecule has 1 heterocycles. The van der Waals surface area contributed by atoms with Crippen LogP contribution in [0.2, 0.25) is 10.0 Å². The smallest absolute Gasteiger partial charge is 0.204 e. The Bertz CT molecular complexity index is 1120. The summed E-state index contributed by atoms with van der Waals surface area (Å²) in [6, 6.07) is 22.2. The Kier molecular flexibility index (Phi) is 5.62. The first-order chi connectivity index (χ1) is 13.7. The molecule has 1 aromatic heterocycles. The molecule has 0 saturated heterocycles. The molecule has 0 saturated carbocycles. The summed E-state index contributed by atoms with van der Waals surface area (Å²) >= 11 is 13.4. The first kappa shape index (κ1) is 18.6. The molecule has 0 atom stereocenters. The highest BCUT2D eigenvalue weighted by atomic mass is 35.5. The molecule has 0 aliphatic rings. The summed E-state index contributed by atoms with van der Waals surface area (Å²) in [5.41, 5.74) is 5.34. The summed E-state index contributed by atoms with van der Waals surface area (Å²) in [5, 5.41) is 14.9. The summed E-state index contributed by atoms with van der Waals surface area (Å²) in [5.74, 6) is 0.408. The van der Waals surface area contributed by atoms with Gasteiger partial charge in [0.15, 0.2) is 0 Å². The van der Waals surface area contributed by atoms with Crippen molar-refractivity contribution in [3.8, 4) is 0 Å². The number of anilines is 1. The van der Waals surface area contributed by atoms with Crippen molar-refractivity contribution in [2.45, 2.75) is 0 Å². The first-order valence-electron chi connectivity index (χ1n) is 8.30. The van der Waals surface area contributed by atoms with Crippen LogP contribution in [0.4, 0.5) is 10.8 Å². The Morgan fingerprint density at radius 1 is 0.857 bits per heavy atom. The Hall–Kier alpha value is -2.80. The molecule has 0 spiro atoms. The number of nitrogens with zero attached hydrogens (tertiary/aromatic N) is 4. The summed E-state index contributed by atoms with van der Waals surface area (Å²) in [4.78, 5) is 4.51. The molecule has 0 aliphatic heterocycles. The monoisotopic (exact) mass is 425 g/mol. The molecule has 0 fully saturated rings. The maximum atomic E-state index is 5.99. The van der Waals surface area contributed by atoms with Crippen LogP contribution >= 0.6 is 34.5 Å². The normalized spacial score (nSPS) is 12.0. The minimum Gasteiger partial charge on any atom is -0.250 e. The summed E-state index contributed by atoms with van der Waals surface area (Å²) in [7, 11) is 0. The number of hydrogen-bond donors (Lipinski definition) is 1. The van der Waals surface area contributed by atoms with E-state index in [0.29, 0.717) is 26.7 Å². The van der Waals surface area contributed by atoms with Gasteiger partial charge in [-0.25, -0.2) is 4.98 Å². The van der Waals surface area contributed by atoms with Crippen LogP contribution in [-0.2, 0) is 0 Å². The maximum absolute atomic E-state index is 5.99. The van der Waals surface area contributed by atoms with Gasteiger partial charge in [-0.05, 0) is 60.7 Å². The van der Waals surface area contributed by atoms with E-state index in [0.717, 1.165) is 15.8 Å². The van der Waals surface area contributed by atoms with E-state index in [-0.39, 0.29) is 0 Å². The highest BCUT2D eigenvalue weighted by Crippen LogP contribution is 2.25. The molecule has 138 valence electrons. The van der Waals surface area contributed by atoms with E-state index < -0.39 is 0 Å². The molecule has 1 N–H and O–H groups in total. The van der Waals surface area contributed by atoms with E-state index in [1.165, 1.54) is 11.3 Å². The number of hydrazone groups is 1. The van der Waals surface area contributed by atoms with Gasteiger partial charge in [-0.2, -0.15) is 5.10 Å². The van der Waals surface area contributed by atoms with Gasteiger partial charge in [0.2, 0.25) is 11.0 Å². The molecule has 28 heavy (non-hydrogen) atoms. The van der Waals surface area contributed by atoms with Gasteiger partial charge >= 0.3 is 0 Å². The SMILES string of the molecule is Clc1ccc(N=NC(=NNc2nc3ccccc3s2)c2ccc(Cl)cc2)cc1. The van der Waals surface area contributed by atoms with Crippen LogP contribution in [0.3, 0.4) is 0 Å². The Balaban J connectivity index is 1.64. The van der Waals surface area contributed by atoms with Gasteiger partial charge in [0.25, 0.3) is 0 Å². The van der Waals surface area contributed by atoms with Gasteiger partial charge in [0.1, 0.15) is 0 Å². The van der Waals surface area contributed by atoms with Crippen LogP contribution in [0.5, 0.6) is 0 Å². The second-order valence-electron chi connectivity index (χ2n) is 5.72. The molecule has 0 unspecified atom stereocenters. The maximum Gasteiger partial charge on any atom is 0.204 e. The molecule has 5 nitrogen and oxygen atoms in total. The highest BCUT2D eigenvalue weighted by molar-refractivity contribution is 7.22. The lowest BCUT2D eigenvalue weighted by Crippen LogP contribution is -2.01.